The second kappa shape index (κ2) is 6.51. The highest BCUT2D eigenvalue weighted by Crippen LogP contribution is 2.29. The van der Waals surface area contributed by atoms with Crippen LogP contribution in [-0.2, 0) is 0 Å². The van der Waals surface area contributed by atoms with Crippen LogP contribution in [0.15, 0.2) is 18.2 Å². The molecule has 0 spiro atoms. The zero-order valence-electron chi connectivity index (χ0n) is 11.9. The number of fused-ring (bicyclic) bond motifs is 1. The highest BCUT2D eigenvalue weighted by atomic mass is 35.5. The lowest BCUT2D eigenvalue weighted by Gasteiger charge is -2.18. The molecule has 2 unspecified atom stereocenters. The van der Waals surface area contributed by atoms with Crippen molar-refractivity contribution in [2.75, 3.05) is 11.5 Å². The lowest BCUT2D eigenvalue weighted by molar-refractivity contribution is 0.593. The van der Waals surface area contributed by atoms with Crippen molar-refractivity contribution in [2.45, 2.75) is 32.2 Å². The molecule has 0 amide bonds. The summed E-state index contributed by atoms with van der Waals surface area (Å²) in [6.07, 6.45) is 0. The zero-order chi connectivity index (χ0) is 14.7. The summed E-state index contributed by atoms with van der Waals surface area (Å²) in [7, 11) is 0. The number of aromatic nitrogens is 2. The molecule has 0 aliphatic rings. The molecular formula is C15H18ClN3S. The Kier molecular flexibility index (Phi) is 4.95. The van der Waals surface area contributed by atoms with Gasteiger partial charge in [-0.15, -0.1) is 11.6 Å². The van der Waals surface area contributed by atoms with Crippen LogP contribution in [0.5, 0.6) is 0 Å². The Hall–Kier alpha value is -1.18. The number of imidazole rings is 1. The molecule has 20 heavy (non-hydrogen) atoms. The van der Waals surface area contributed by atoms with Crippen LogP contribution >= 0.6 is 23.4 Å². The van der Waals surface area contributed by atoms with Gasteiger partial charge in [-0.25, -0.2) is 4.98 Å². The van der Waals surface area contributed by atoms with Crippen molar-refractivity contribution >= 4 is 34.4 Å². The molecule has 3 nitrogen and oxygen atoms in total. The van der Waals surface area contributed by atoms with Gasteiger partial charge in [-0.2, -0.15) is 17.0 Å². The zero-order valence-corrected chi connectivity index (χ0v) is 13.5. The Morgan fingerprint density at radius 3 is 2.80 bits per heavy atom. The molecular weight excluding hydrogens is 290 g/mol. The van der Waals surface area contributed by atoms with Gasteiger partial charge in [0.1, 0.15) is 5.82 Å². The van der Waals surface area contributed by atoms with E-state index in [1.165, 1.54) is 0 Å². The summed E-state index contributed by atoms with van der Waals surface area (Å²) < 4.78 is 2.18. The number of thioether (sulfide) groups is 1. The summed E-state index contributed by atoms with van der Waals surface area (Å²) in [5.41, 5.74) is 2.55. The van der Waals surface area contributed by atoms with Crippen LogP contribution in [0.2, 0.25) is 0 Å². The summed E-state index contributed by atoms with van der Waals surface area (Å²) in [6, 6.07) is 8.08. The third kappa shape index (κ3) is 2.94. The maximum atomic E-state index is 9.07. The standard InChI is InChI=1S/C15H18ClN3S/c1-4-20-9-10(2)19-14-7-12(8-17)5-6-13(14)18-15(19)11(3)16/h5-7,10-11H,4,9H2,1-3H3. The van der Waals surface area contributed by atoms with Gasteiger partial charge in [0, 0.05) is 11.8 Å². The maximum Gasteiger partial charge on any atom is 0.127 e. The smallest absolute Gasteiger partial charge is 0.127 e. The Morgan fingerprint density at radius 1 is 1.45 bits per heavy atom. The van der Waals surface area contributed by atoms with E-state index in [9.17, 15) is 0 Å². The van der Waals surface area contributed by atoms with Crippen LogP contribution in [-0.4, -0.2) is 21.1 Å². The average molecular weight is 308 g/mol. The minimum Gasteiger partial charge on any atom is -0.323 e. The Balaban J connectivity index is 2.57. The van der Waals surface area contributed by atoms with Crippen LogP contribution in [0.3, 0.4) is 0 Å². The lowest BCUT2D eigenvalue weighted by Crippen LogP contribution is -2.12. The van der Waals surface area contributed by atoms with Crippen molar-refractivity contribution in [2.24, 2.45) is 0 Å². The molecule has 1 aromatic heterocycles. The quantitative estimate of drug-likeness (QED) is 0.762. The number of rotatable bonds is 5. The maximum absolute atomic E-state index is 9.07. The first-order valence-corrected chi connectivity index (χ1v) is 8.31. The minimum atomic E-state index is -0.151. The molecule has 5 heteroatoms. The molecule has 2 atom stereocenters. The van der Waals surface area contributed by atoms with Crippen molar-refractivity contribution in [3.05, 3.63) is 29.6 Å². The highest BCUT2D eigenvalue weighted by molar-refractivity contribution is 7.99. The number of nitriles is 1. The van der Waals surface area contributed by atoms with E-state index >= 15 is 0 Å². The van der Waals surface area contributed by atoms with Crippen molar-refractivity contribution in [3.8, 4) is 6.07 Å². The molecule has 0 aliphatic heterocycles. The topological polar surface area (TPSA) is 41.6 Å². The fraction of sp³-hybridized carbons (Fsp3) is 0.467. The van der Waals surface area contributed by atoms with Gasteiger partial charge in [0.05, 0.1) is 28.0 Å². The number of hydrogen-bond acceptors (Lipinski definition) is 3. The molecule has 2 rings (SSSR count). The lowest BCUT2D eigenvalue weighted by atomic mass is 10.2. The summed E-state index contributed by atoms with van der Waals surface area (Å²) in [6.45, 7) is 6.26. The minimum absolute atomic E-state index is 0.151. The number of nitrogens with zero attached hydrogens (tertiary/aromatic N) is 3. The first-order valence-electron chi connectivity index (χ1n) is 6.72. The van der Waals surface area contributed by atoms with E-state index in [1.807, 2.05) is 30.8 Å². The SMILES string of the molecule is CCSCC(C)n1c(C(C)Cl)nc2ccc(C#N)cc21. The van der Waals surface area contributed by atoms with E-state index in [2.05, 4.69) is 29.5 Å². The number of halogens is 1. The van der Waals surface area contributed by atoms with Gasteiger partial charge in [-0.05, 0) is 37.8 Å². The van der Waals surface area contributed by atoms with Crippen molar-refractivity contribution in [1.82, 2.24) is 9.55 Å². The predicted molar refractivity (Wildman–Crippen MR) is 86.4 cm³/mol. The molecule has 0 saturated heterocycles. The second-order valence-electron chi connectivity index (χ2n) is 4.78. The normalized spacial score (nSPS) is 14.2. The molecule has 2 aromatic rings. The summed E-state index contributed by atoms with van der Waals surface area (Å²) in [5, 5.41) is 8.92. The summed E-state index contributed by atoms with van der Waals surface area (Å²) in [5.74, 6) is 2.97. The third-order valence-electron chi connectivity index (χ3n) is 3.21. The van der Waals surface area contributed by atoms with Gasteiger partial charge in [-0.1, -0.05) is 6.92 Å². The van der Waals surface area contributed by atoms with Gasteiger partial charge < -0.3 is 4.57 Å². The molecule has 1 aromatic carbocycles. The molecule has 0 aliphatic carbocycles. The Bertz CT molecular complexity index is 642. The second-order valence-corrected chi connectivity index (χ2v) is 6.75. The van der Waals surface area contributed by atoms with Gasteiger partial charge in [0.15, 0.2) is 0 Å². The van der Waals surface area contributed by atoms with Crippen LogP contribution in [0.25, 0.3) is 11.0 Å². The fourth-order valence-corrected chi connectivity index (χ4v) is 3.17. The van der Waals surface area contributed by atoms with E-state index in [0.29, 0.717) is 11.6 Å². The number of benzene rings is 1. The molecule has 1 heterocycles. The molecule has 0 bridgehead atoms. The third-order valence-corrected chi connectivity index (χ3v) is 4.53. The van der Waals surface area contributed by atoms with E-state index in [-0.39, 0.29) is 5.38 Å². The van der Waals surface area contributed by atoms with Gasteiger partial charge in [-0.3, -0.25) is 0 Å². The van der Waals surface area contributed by atoms with Crippen LogP contribution in [0, 0.1) is 11.3 Å². The molecule has 0 fully saturated rings. The number of hydrogen-bond donors (Lipinski definition) is 0. The first-order chi connectivity index (χ1) is 9.58. The van der Waals surface area contributed by atoms with Crippen molar-refractivity contribution in [1.29, 1.82) is 5.26 Å². The van der Waals surface area contributed by atoms with Crippen LogP contribution in [0.4, 0.5) is 0 Å². The summed E-state index contributed by atoms with van der Waals surface area (Å²) in [4.78, 5) is 4.63. The van der Waals surface area contributed by atoms with E-state index in [4.69, 9.17) is 16.9 Å². The molecule has 0 saturated carbocycles. The predicted octanol–water partition coefficient (Wildman–Crippen LogP) is 4.52. The summed E-state index contributed by atoms with van der Waals surface area (Å²) >= 11 is 8.17. The fourth-order valence-electron chi connectivity index (χ4n) is 2.29. The van der Waals surface area contributed by atoms with E-state index in [1.54, 1.807) is 6.07 Å². The average Bonchev–Trinajstić information content (AvgIpc) is 2.83. The van der Waals surface area contributed by atoms with Gasteiger partial charge >= 0.3 is 0 Å². The molecule has 0 N–H and O–H groups in total. The molecule has 106 valence electrons. The van der Waals surface area contributed by atoms with Crippen molar-refractivity contribution in [3.63, 3.8) is 0 Å². The van der Waals surface area contributed by atoms with Gasteiger partial charge in [0.25, 0.3) is 0 Å². The van der Waals surface area contributed by atoms with Gasteiger partial charge in [0.2, 0.25) is 0 Å². The van der Waals surface area contributed by atoms with E-state index in [0.717, 1.165) is 28.4 Å². The molecule has 0 radical (unpaired) electrons. The van der Waals surface area contributed by atoms with E-state index < -0.39 is 0 Å². The van der Waals surface area contributed by atoms with Crippen LogP contribution < -0.4 is 0 Å². The largest absolute Gasteiger partial charge is 0.323 e. The highest BCUT2D eigenvalue weighted by Gasteiger charge is 2.19. The number of alkyl halides is 1. The van der Waals surface area contributed by atoms with Crippen molar-refractivity contribution < 1.29 is 0 Å². The Morgan fingerprint density at radius 2 is 2.20 bits per heavy atom. The first kappa shape index (κ1) is 15.2. The monoisotopic (exact) mass is 307 g/mol. The van der Waals surface area contributed by atoms with Crippen LogP contribution in [0.1, 0.15) is 43.6 Å². The Labute approximate surface area is 128 Å².